The Balaban J connectivity index is 0.00000441. The minimum Gasteiger partial charge on any atom is -0.355 e. The van der Waals surface area contributed by atoms with Gasteiger partial charge in [-0.1, -0.05) is 27.2 Å². The molecule has 0 aliphatic carbocycles. The van der Waals surface area contributed by atoms with Gasteiger partial charge in [0.05, 0.1) is 5.75 Å². The molecule has 1 aliphatic rings. The van der Waals surface area contributed by atoms with Crippen LogP contribution < -0.4 is 5.32 Å². The van der Waals surface area contributed by atoms with Crippen LogP contribution in [0.3, 0.4) is 0 Å². The number of nitrogens with one attached hydrogen (secondary N) is 1. The second-order valence-electron chi connectivity index (χ2n) is 6.30. The quantitative estimate of drug-likeness (QED) is 0.388. The van der Waals surface area contributed by atoms with E-state index in [0.717, 1.165) is 19.0 Å². The predicted octanol–water partition coefficient (Wildman–Crippen LogP) is 2.52. The average molecular weight is 445 g/mol. The number of hydrogen-bond donors (Lipinski definition) is 1. The Kier molecular flexibility index (Phi) is 9.93. The van der Waals surface area contributed by atoms with Crippen LogP contribution in [0.15, 0.2) is 4.99 Å². The van der Waals surface area contributed by atoms with E-state index in [1.807, 2.05) is 0 Å². The molecule has 1 fully saturated rings. The van der Waals surface area contributed by atoms with Crippen molar-refractivity contribution in [1.82, 2.24) is 10.2 Å². The van der Waals surface area contributed by atoms with Crippen molar-refractivity contribution in [2.24, 2.45) is 10.4 Å². The lowest BCUT2D eigenvalue weighted by Gasteiger charge is -2.42. The highest BCUT2D eigenvalue weighted by Gasteiger charge is 2.31. The van der Waals surface area contributed by atoms with Crippen LogP contribution in [0.5, 0.6) is 0 Å². The Bertz CT molecular complexity index is 450. The molecule has 1 rings (SSSR count). The molecule has 0 aromatic heterocycles. The van der Waals surface area contributed by atoms with Gasteiger partial charge in [-0.05, 0) is 24.7 Å². The monoisotopic (exact) mass is 445 g/mol. The van der Waals surface area contributed by atoms with Crippen LogP contribution >= 0.6 is 24.0 Å². The molecule has 1 heterocycles. The first-order valence-corrected chi connectivity index (χ1v) is 9.84. The number of nitrogens with zero attached hydrogens (tertiary/aromatic N) is 2. The number of likely N-dealkylation sites (tertiary alicyclic amines) is 1. The molecule has 0 aromatic carbocycles. The molecule has 132 valence electrons. The molecular formula is C15H32IN3O2S. The van der Waals surface area contributed by atoms with E-state index in [9.17, 15) is 8.42 Å². The Morgan fingerprint density at radius 3 is 2.59 bits per heavy atom. The first-order valence-electron chi connectivity index (χ1n) is 8.02. The molecule has 0 spiro atoms. The molecule has 22 heavy (non-hydrogen) atoms. The first-order chi connectivity index (χ1) is 9.86. The fraction of sp³-hybridized carbons (Fsp3) is 0.933. The third kappa shape index (κ3) is 7.02. The van der Waals surface area contributed by atoms with Crippen molar-refractivity contribution in [3.8, 4) is 0 Å². The molecule has 0 amide bonds. The van der Waals surface area contributed by atoms with Gasteiger partial charge in [0.25, 0.3) is 0 Å². The topological polar surface area (TPSA) is 61.8 Å². The van der Waals surface area contributed by atoms with Gasteiger partial charge in [0.2, 0.25) is 0 Å². The maximum absolute atomic E-state index is 11.5. The minimum absolute atomic E-state index is 0. The van der Waals surface area contributed by atoms with Crippen molar-refractivity contribution in [1.29, 1.82) is 0 Å². The Labute approximate surface area is 153 Å². The largest absolute Gasteiger partial charge is 0.355 e. The van der Waals surface area contributed by atoms with E-state index in [1.54, 1.807) is 14.0 Å². The zero-order valence-corrected chi connectivity index (χ0v) is 17.5. The van der Waals surface area contributed by atoms with Gasteiger partial charge in [0.15, 0.2) is 15.8 Å². The molecular weight excluding hydrogens is 413 g/mol. The number of hydrogen-bond acceptors (Lipinski definition) is 3. The fourth-order valence-corrected chi connectivity index (χ4v) is 3.80. The summed E-state index contributed by atoms with van der Waals surface area (Å²) in [6.45, 7) is 8.69. The van der Waals surface area contributed by atoms with Gasteiger partial charge in [0.1, 0.15) is 0 Å². The van der Waals surface area contributed by atoms with E-state index in [1.165, 1.54) is 25.7 Å². The van der Waals surface area contributed by atoms with Crippen LogP contribution in [0.2, 0.25) is 0 Å². The van der Waals surface area contributed by atoms with E-state index in [-0.39, 0.29) is 35.5 Å². The summed E-state index contributed by atoms with van der Waals surface area (Å²) in [4.78, 5) is 6.59. The Morgan fingerprint density at radius 2 is 2.05 bits per heavy atom. The summed E-state index contributed by atoms with van der Waals surface area (Å²) in [6.07, 6.45) is 4.86. The Hall–Kier alpha value is -0.0500. The van der Waals surface area contributed by atoms with E-state index < -0.39 is 9.84 Å². The lowest BCUT2D eigenvalue weighted by atomic mass is 9.78. The van der Waals surface area contributed by atoms with Crippen molar-refractivity contribution in [3.63, 3.8) is 0 Å². The van der Waals surface area contributed by atoms with Crippen LogP contribution in [0.4, 0.5) is 0 Å². The van der Waals surface area contributed by atoms with Gasteiger partial charge in [-0.2, -0.15) is 0 Å². The summed E-state index contributed by atoms with van der Waals surface area (Å²) < 4.78 is 23.1. The minimum atomic E-state index is -2.92. The van der Waals surface area contributed by atoms with Crippen LogP contribution in [0.25, 0.3) is 0 Å². The number of piperidine rings is 1. The molecule has 1 unspecified atom stereocenters. The van der Waals surface area contributed by atoms with Crippen molar-refractivity contribution in [2.45, 2.75) is 46.5 Å². The number of guanidine groups is 1. The zero-order valence-electron chi connectivity index (χ0n) is 14.4. The maximum Gasteiger partial charge on any atom is 0.193 e. The molecule has 1 saturated heterocycles. The lowest BCUT2D eigenvalue weighted by Crippen LogP contribution is -2.50. The van der Waals surface area contributed by atoms with Crippen LogP contribution in [0.1, 0.15) is 46.5 Å². The van der Waals surface area contributed by atoms with Crippen molar-refractivity contribution >= 4 is 39.8 Å². The summed E-state index contributed by atoms with van der Waals surface area (Å²) in [7, 11) is -1.16. The molecule has 1 N–H and O–H groups in total. The smallest absolute Gasteiger partial charge is 0.193 e. The fourth-order valence-electron chi connectivity index (χ4n) is 3.10. The normalized spacial score (nSPS) is 23.1. The van der Waals surface area contributed by atoms with Gasteiger partial charge in [0, 0.05) is 32.4 Å². The molecule has 0 radical (unpaired) electrons. The summed E-state index contributed by atoms with van der Waals surface area (Å²) >= 11 is 0. The predicted molar refractivity (Wildman–Crippen MR) is 105 cm³/mol. The van der Waals surface area contributed by atoms with Crippen LogP contribution in [-0.4, -0.2) is 57.5 Å². The first kappa shape index (κ1) is 21.9. The van der Waals surface area contributed by atoms with Crippen molar-refractivity contribution in [3.05, 3.63) is 0 Å². The summed E-state index contributed by atoms with van der Waals surface area (Å²) in [5.41, 5.74) is 0.347. The second kappa shape index (κ2) is 9.95. The third-order valence-electron chi connectivity index (χ3n) is 4.28. The number of aliphatic imine (C=N–C) groups is 1. The SMILES string of the molecule is CCCC1(C)CCCN(C(=NC)NCCS(=O)(=O)CC)C1.I. The van der Waals surface area contributed by atoms with Gasteiger partial charge < -0.3 is 10.2 Å². The van der Waals surface area contributed by atoms with Crippen LogP contribution in [-0.2, 0) is 9.84 Å². The molecule has 1 aliphatic heterocycles. The van der Waals surface area contributed by atoms with E-state index in [0.29, 0.717) is 12.0 Å². The number of halogens is 1. The molecule has 0 bridgehead atoms. The number of rotatable bonds is 6. The van der Waals surface area contributed by atoms with Gasteiger partial charge in [-0.25, -0.2) is 8.42 Å². The molecule has 7 heteroatoms. The molecule has 5 nitrogen and oxygen atoms in total. The zero-order chi connectivity index (χ0) is 15.9. The standard InChI is InChI=1S/C15H31N3O2S.HI/c1-5-8-15(3)9-7-11-18(13-15)14(16-4)17-10-12-21(19,20)6-2;/h5-13H2,1-4H3,(H,16,17);1H. The van der Waals surface area contributed by atoms with E-state index in [4.69, 9.17) is 0 Å². The van der Waals surface area contributed by atoms with Crippen molar-refractivity contribution in [2.75, 3.05) is 38.2 Å². The number of sulfone groups is 1. The second-order valence-corrected chi connectivity index (χ2v) is 8.77. The van der Waals surface area contributed by atoms with E-state index >= 15 is 0 Å². The summed E-state index contributed by atoms with van der Waals surface area (Å²) in [6, 6.07) is 0. The Morgan fingerprint density at radius 1 is 1.36 bits per heavy atom. The molecule has 1 atom stereocenters. The summed E-state index contributed by atoms with van der Waals surface area (Å²) in [5, 5.41) is 3.21. The highest BCUT2D eigenvalue weighted by molar-refractivity contribution is 14.0. The highest BCUT2D eigenvalue weighted by Crippen LogP contribution is 2.33. The highest BCUT2D eigenvalue weighted by atomic mass is 127. The van der Waals surface area contributed by atoms with Gasteiger partial charge in [-0.3, -0.25) is 4.99 Å². The summed E-state index contributed by atoms with van der Waals surface area (Å²) in [5.74, 6) is 1.21. The van der Waals surface area contributed by atoms with Crippen molar-refractivity contribution < 1.29 is 8.42 Å². The third-order valence-corrected chi connectivity index (χ3v) is 5.99. The van der Waals surface area contributed by atoms with Gasteiger partial charge >= 0.3 is 0 Å². The molecule has 0 saturated carbocycles. The lowest BCUT2D eigenvalue weighted by molar-refractivity contribution is 0.143. The van der Waals surface area contributed by atoms with Gasteiger partial charge in [-0.15, -0.1) is 24.0 Å². The average Bonchev–Trinajstić information content (AvgIpc) is 2.43. The van der Waals surface area contributed by atoms with E-state index in [2.05, 4.69) is 29.1 Å². The van der Waals surface area contributed by atoms with Crippen LogP contribution in [0, 0.1) is 5.41 Å². The maximum atomic E-state index is 11.5. The molecule has 0 aromatic rings.